The highest BCUT2D eigenvalue weighted by Crippen LogP contribution is 2.12. The number of aromatic nitrogens is 1. The van der Waals surface area contributed by atoms with Crippen molar-refractivity contribution in [1.29, 1.82) is 0 Å². The Kier molecular flexibility index (Phi) is 6.20. The Hall–Kier alpha value is -2.34. The fourth-order valence-electron chi connectivity index (χ4n) is 2.42. The summed E-state index contributed by atoms with van der Waals surface area (Å²) in [5.74, 6) is -0.344. The fourth-order valence-corrected chi connectivity index (χ4v) is 2.42. The number of carbonyl (C=O) groups excluding carboxylic acids is 1. The molecule has 0 saturated carbocycles. The third-order valence-electron chi connectivity index (χ3n) is 3.89. The summed E-state index contributed by atoms with van der Waals surface area (Å²) in [7, 11) is 0. The van der Waals surface area contributed by atoms with E-state index in [0.29, 0.717) is 30.3 Å². The summed E-state index contributed by atoms with van der Waals surface area (Å²) in [6.07, 6.45) is 2.38. The molecule has 2 aromatic rings. The minimum atomic E-state index is -0.367. The van der Waals surface area contributed by atoms with Crippen molar-refractivity contribution >= 4 is 16.7 Å². The number of hydrogen-bond donors (Lipinski definition) is 2. The van der Waals surface area contributed by atoms with Gasteiger partial charge >= 0.3 is 0 Å². The Morgan fingerprint density at radius 3 is 2.72 bits per heavy atom. The van der Waals surface area contributed by atoms with E-state index < -0.39 is 0 Å². The Labute approximate surface area is 147 Å². The molecule has 3 N–H and O–H groups in total. The van der Waals surface area contributed by atoms with Gasteiger partial charge in [0.25, 0.3) is 11.5 Å². The first kappa shape index (κ1) is 19.0. The van der Waals surface area contributed by atoms with E-state index in [1.165, 1.54) is 0 Å². The van der Waals surface area contributed by atoms with Crippen LogP contribution in [0.4, 0.5) is 0 Å². The van der Waals surface area contributed by atoms with Crippen molar-refractivity contribution in [3.05, 3.63) is 46.4 Å². The maximum atomic E-state index is 12.7. The summed E-state index contributed by atoms with van der Waals surface area (Å²) in [6, 6.07) is 8.86. The second kappa shape index (κ2) is 8.16. The van der Waals surface area contributed by atoms with Gasteiger partial charge in [-0.25, -0.2) is 0 Å². The van der Waals surface area contributed by atoms with Gasteiger partial charge in [0.15, 0.2) is 0 Å². The molecule has 0 bridgehead atoms. The van der Waals surface area contributed by atoms with Crippen LogP contribution in [-0.4, -0.2) is 29.3 Å². The second-order valence-corrected chi connectivity index (χ2v) is 6.90. The first-order valence-corrected chi connectivity index (χ1v) is 8.68. The van der Waals surface area contributed by atoms with Crippen LogP contribution in [0.5, 0.6) is 0 Å². The molecule has 1 amide bonds. The maximum absolute atomic E-state index is 12.7. The lowest BCUT2D eigenvalue weighted by Crippen LogP contribution is -2.40. The quantitative estimate of drug-likeness (QED) is 0.717. The number of benzene rings is 1. The first-order valence-electron chi connectivity index (χ1n) is 8.68. The summed E-state index contributed by atoms with van der Waals surface area (Å²) in [5.41, 5.74) is 5.45. The third kappa shape index (κ3) is 5.06. The van der Waals surface area contributed by atoms with E-state index in [1.807, 2.05) is 32.9 Å². The highest BCUT2D eigenvalue weighted by atomic mass is 16.7. The van der Waals surface area contributed by atoms with Gasteiger partial charge in [0.1, 0.15) is 12.3 Å². The van der Waals surface area contributed by atoms with Crippen molar-refractivity contribution in [2.24, 2.45) is 5.73 Å². The molecule has 0 atom stereocenters. The van der Waals surface area contributed by atoms with Crippen LogP contribution in [0.1, 0.15) is 50.5 Å². The smallest absolute Gasteiger partial charge is 0.291 e. The number of nitrogens with zero attached hydrogens (tertiary/aromatic N) is 1. The molecule has 0 aliphatic carbocycles. The van der Waals surface area contributed by atoms with Gasteiger partial charge in [0.2, 0.25) is 0 Å². The summed E-state index contributed by atoms with van der Waals surface area (Å²) < 4.78 is 1.11. The zero-order valence-corrected chi connectivity index (χ0v) is 15.2. The van der Waals surface area contributed by atoms with Crippen LogP contribution in [0, 0.1) is 0 Å². The molecule has 6 nitrogen and oxygen atoms in total. The largest absolute Gasteiger partial charge is 0.410 e. The summed E-state index contributed by atoms with van der Waals surface area (Å²) >= 11 is 0. The highest BCUT2D eigenvalue weighted by Gasteiger charge is 2.18. The lowest BCUT2D eigenvalue weighted by Gasteiger charge is -2.19. The predicted molar refractivity (Wildman–Crippen MR) is 99.8 cm³/mol. The minimum Gasteiger partial charge on any atom is -0.410 e. The second-order valence-electron chi connectivity index (χ2n) is 6.90. The summed E-state index contributed by atoms with van der Waals surface area (Å²) in [6.45, 7) is 6.65. The number of carbonyl (C=O) groups is 1. The van der Waals surface area contributed by atoms with Crippen LogP contribution < -0.4 is 21.4 Å². The van der Waals surface area contributed by atoms with Crippen molar-refractivity contribution in [2.45, 2.75) is 45.6 Å². The van der Waals surface area contributed by atoms with Crippen LogP contribution in [0.2, 0.25) is 0 Å². The molecule has 0 fully saturated rings. The van der Waals surface area contributed by atoms with Crippen LogP contribution >= 0.6 is 0 Å². The Morgan fingerprint density at radius 1 is 1.32 bits per heavy atom. The molecule has 25 heavy (non-hydrogen) atoms. The van der Waals surface area contributed by atoms with Crippen molar-refractivity contribution in [3.8, 4) is 0 Å². The van der Waals surface area contributed by atoms with Crippen LogP contribution in [0.15, 0.2) is 35.1 Å². The van der Waals surface area contributed by atoms with Gasteiger partial charge in [-0.2, -0.15) is 0 Å². The number of amides is 1. The normalized spacial score (nSPS) is 11.5. The monoisotopic (exact) mass is 345 g/mol. The average Bonchev–Trinajstić information content (AvgIpc) is 2.55. The fraction of sp³-hybridized carbons (Fsp3) is 0.474. The molecule has 136 valence electrons. The zero-order chi connectivity index (χ0) is 18.4. The van der Waals surface area contributed by atoms with E-state index in [9.17, 15) is 9.59 Å². The first-order chi connectivity index (χ1) is 11.8. The van der Waals surface area contributed by atoms with Crippen LogP contribution in [0.25, 0.3) is 10.8 Å². The van der Waals surface area contributed by atoms with Gasteiger partial charge < -0.3 is 15.9 Å². The van der Waals surface area contributed by atoms with E-state index in [-0.39, 0.29) is 22.7 Å². The molecular formula is C19H27N3O3. The van der Waals surface area contributed by atoms with E-state index in [2.05, 4.69) is 5.32 Å². The van der Waals surface area contributed by atoms with E-state index >= 15 is 0 Å². The van der Waals surface area contributed by atoms with Crippen LogP contribution in [-0.2, 0) is 0 Å². The van der Waals surface area contributed by atoms with Crippen molar-refractivity contribution < 1.29 is 9.63 Å². The Bertz CT molecular complexity index is 791. The molecule has 1 aromatic heterocycles. The van der Waals surface area contributed by atoms with E-state index in [4.69, 9.17) is 10.6 Å². The number of nitrogens with one attached hydrogen (secondary N) is 1. The van der Waals surface area contributed by atoms with Gasteiger partial charge in [0, 0.05) is 12.1 Å². The average molecular weight is 345 g/mol. The SMILES string of the molecule is CCCCOn1c(C(=O)NCCC(C)(C)N)cc2ccccc2c1=O. The van der Waals surface area contributed by atoms with E-state index in [1.54, 1.807) is 18.2 Å². The number of unbranched alkanes of at least 4 members (excludes halogenated alkanes) is 1. The molecule has 1 heterocycles. The van der Waals surface area contributed by atoms with Crippen molar-refractivity contribution in [1.82, 2.24) is 10.0 Å². The Morgan fingerprint density at radius 2 is 2.04 bits per heavy atom. The molecule has 2 rings (SSSR count). The topological polar surface area (TPSA) is 86.3 Å². The maximum Gasteiger partial charge on any atom is 0.291 e. The van der Waals surface area contributed by atoms with Gasteiger partial charge in [-0.3, -0.25) is 9.59 Å². The predicted octanol–water partition coefficient (Wildman–Crippen LogP) is 2.09. The number of nitrogens with two attached hydrogens (primary N) is 1. The number of pyridine rings is 1. The molecule has 0 aliphatic heterocycles. The molecule has 0 saturated heterocycles. The van der Waals surface area contributed by atoms with Crippen molar-refractivity contribution in [3.63, 3.8) is 0 Å². The summed E-state index contributed by atoms with van der Waals surface area (Å²) in [4.78, 5) is 30.9. The zero-order valence-electron chi connectivity index (χ0n) is 15.2. The standard InChI is InChI=1S/C19H27N3O3/c1-4-5-12-25-22-16(17(23)21-11-10-19(2,3)20)13-14-8-6-7-9-15(14)18(22)24/h6-9,13H,4-5,10-12,20H2,1-3H3,(H,21,23). The van der Waals surface area contributed by atoms with Crippen molar-refractivity contribution in [2.75, 3.05) is 13.2 Å². The van der Waals surface area contributed by atoms with Gasteiger partial charge in [-0.1, -0.05) is 31.5 Å². The molecule has 0 unspecified atom stereocenters. The minimum absolute atomic E-state index is 0.203. The van der Waals surface area contributed by atoms with Gasteiger partial charge in [-0.15, -0.1) is 4.73 Å². The summed E-state index contributed by atoms with van der Waals surface area (Å²) in [5, 5.41) is 4.06. The third-order valence-corrected chi connectivity index (χ3v) is 3.89. The van der Waals surface area contributed by atoms with Gasteiger partial charge in [0.05, 0.1) is 5.39 Å². The molecule has 0 radical (unpaired) electrons. The van der Waals surface area contributed by atoms with Gasteiger partial charge in [-0.05, 0) is 44.2 Å². The Balaban J connectivity index is 2.33. The molecule has 0 spiro atoms. The highest BCUT2D eigenvalue weighted by molar-refractivity contribution is 5.96. The number of hydrogen-bond acceptors (Lipinski definition) is 4. The number of fused-ring (bicyclic) bond motifs is 1. The molecule has 0 aliphatic rings. The molecular weight excluding hydrogens is 318 g/mol. The number of rotatable bonds is 8. The van der Waals surface area contributed by atoms with E-state index in [0.717, 1.165) is 17.6 Å². The lowest BCUT2D eigenvalue weighted by atomic mass is 10.0. The molecule has 6 heteroatoms. The van der Waals surface area contributed by atoms with Crippen LogP contribution in [0.3, 0.4) is 0 Å². The lowest BCUT2D eigenvalue weighted by molar-refractivity contribution is 0.0770. The molecule has 1 aromatic carbocycles.